The van der Waals surface area contributed by atoms with E-state index in [1.807, 2.05) is 37.4 Å². The molecule has 7 heteroatoms. The molecule has 1 fully saturated rings. The Labute approximate surface area is 162 Å². The summed E-state index contributed by atoms with van der Waals surface area (Å²) < 4.78 is 0. The molecule has 2 heterocycles. The lowest BCUT2D eigenvalue weighted by molar-refractivity contribution is -0.119. The van der Waals surface area contributed by atoms with Crippen molar-refractivity contribution in [3.8, 4) is 11.1 Å². The number of nitrogens with zero attached hydrogens (tertiary/aromatic N) is 1. The van der Waals surface area contributed by atoms with E-state index in [1.54, 1.807) is 17.0 Å². The van der Waals surface area contributed by atoms with Gasteiger partial charge in [0.05, 0.1) is 4.88 Å². The van der Waals surface area contributed by atoms with Gasteiger partial charge in [-0.1, -0.05) is 12.1 Å². The second kappa shape index (κ2) is 7.92. The van der Waals surface area contributed by atoms with Gasteiger partial charge in [0.25, 0.3) is 11.8 Å². The van der Waals surface area contributed by atoms with Crippen molar-refractivity contribution in [1.82, 2.24) is 10.2 Å². The number of nitrogens with one attached hydrogen (secondary N) is 1. The number of thiophene rings is 1. The van der Waals surface area contributed by atoms with Gasteiger partial charge in [0.2, 0.25) is 5.91 Å². The van der Waals surface area contributed by atoms with E-state index in [2.05, 4.69) is 5.32 Å². The predicted molar refractivity (Wildman–Crippen MR) is 106 cm³/mol. The van der Waals surface area contributed by atoms with Gasteiger partial charge in [0.1, 0.15) is 0 Å². The van der Waals surface area contributed by atoms with Crippen LogP contribution in [-0.4, -0.2) is 41.2 Å². The zero-order valence-corrected chi connectivity index (χ0v) is 16.2. The number of nitrogens with two attached hydrogens (primary N) is 1. The number of hydrogen-bond donors (Lipinski definition) is 2. The Morgan fingerprint density at radius 3 is 2.67 bits per heavy atom. The second-order valence-electron chi connectivity index (χ2n) is 7.00. The minimum Gasteiger partial charge on any atom is -0.365 e. The first kappa shape index (κ1) is 19.1. The van der Waals surface area contributed by atoms with Crippen LogP contribution in [0, 0.1) is 0 Å². The third-order valence-corrected chi connectivity index (χ3v) is 5.62. The lowest BCUT2D eigenvalue weighted by Crippen LogP contribution is -2.45. The van der Waals surface area contributed by atoms with Crippen LogP contribution < -0.4 is 11.1 Å². The number of carbonyl (C=O) groups is 3. The number of hydrogen-bond acceptors (Lipinski definition) is 4. The van der Waals surface area contributed by atoms with E-state index in [0.717, 1.165) is 17.5 Å². The van der Waals surface area contributed by atoms with E-state index < -0.39 is 5.91 Å². The van der Waals surface area contributed by atoms with Gasteiger partial charge >= 0.3 is 0 Å². The van der Waals surface area contributed by atoms with Crippen molar-refractivity contribution in [3.63, 3.8) is 0 Å². The van der Waals surface area contributed by atoms with Crippen LogP contribution in [0.2, 0.25) is 0 Å². The molecule has 1 aliphatic heterocycles. The largest absolute Gasteiger partial charge is 0.365 e. The van der Waals surface area contributed by atoms with Crippen LogP contribution in [0.25, 0.3) is 11.1 Å². The number of primary amides is 1. The Morgan fingerprint density at radius 1 is 1.30 bits per heavy atom. The van der Waals surface area contributed by atoms with Gasteiger partial charge in [0, 0.05) is 30.6 Å². The molecule has 1 aliphatic rings. The number of carbonyl (C=O) groups excluding carboxylic acids is 3. The highest BCUT2D eigenvalue weighted by Gasteiger charge is 2.27. The smallest absolute Gasteiger partial charge is 0.258 e. The normalized spacial score (nSPS) is 16.4. The van der Waals surface area contributed by atoms with Crippen molar-refractivity contribution in [2.24, 2.45) is 5.73 Å². The monoisotopic (exact) mass is 385 g/mol. The Morgan fingerprint density at radius 2 is 2.07 bits per heavy atom. The molecule has 2 aromatic rings. The first-order valence-corrected chi connectivity index (χ1v) is 9.82. The molecular formula is C20H23N3O3S. The van der Waals surface area contributed by atoms with Crippen LogP contribution in [0.15, 0.2) is 35.7 Å². The molecule has 0 unspecified atom stereocenters. The first-order chi connectivity index (χ1) is 12.8. The van der Waals surface area contributed by atoms with Gasteiger partial charge in [-0.2, -0.15) is 0 Å². The van der Waals surface area contributed by atoms with Crippen molar-refractivity contribution >= 4 is 29.1 Å². The van der Waals surface area contributed by atoms with Crippen LogP contribution >= 0.6 is 11.3 Å². The summed E-state index contributed by atoms with van der Waals surface area (Å²) in [6, 6.07) is 9.11. The van der Waals surface area contributed by atoms with Gasteiger partial charge in [-0.25, -0.2) is 0 Å². The second-order valence-corrected chi connectivity index (χ2v) is 7.91. The van der Waals surface area contributed by atoms with E-state index in [-0.39, 0.29) is 23.9 Å². The maximum Gasteiger partial charge on any atom is 0.258 e. The van der Waals surface area contributed by atoms with E-state index in [0.29, 0.717) is 23.4 Å². The third-order valence-electron chi connectivity index (χ3n) is 4.67. The third kappa shape index (κ3) is 4.36. The Kier molecular flexibility index (Phi) is 5.60. The fraction of sp³-hybridized carbons (Fsp3) is 0.350. The SMILES string of the molecule is CC(C)N(C[C@@H]1CCC(=O)N1)C(=O)c1cccc(-c2csc(C(N)=O)c2)c1. The van der Waals surface area contributed by atoms with Crippen molar-refractivity contribution < 1.29 is 14.4 Å². The Balaban J connectivity index is 1.81. The maximum atomic E-state index is 13.1. The molecule has 3 amide bonds. The van der Waals surface area contributed by atoms with Gasteiger partial charge < -0.3 is 16.0 Å². The van der Waals surface area contributed by atoms with Crippen molar-refractivity contribution in [2.45, 2.75) is 38.8 Å². The fourth-order valence-electron chi connectivity index (χ4n) is 3.19. The summed E-state index contributed by atoms with van der Waals surface area (Å²) in [7, 11) is 0. The quantitative estimate of drug-likeness (QED) is 0.801. The van der Waals surface area contributed by atoms with Crippen LogP contribution in [0.1, 0.15) is 46.7 Å². The topological polar surface area (TPSA) is 92.5 Å². The molecule has 0 saturated carbocycles. The summed E-state index contributed by atoms with van der Waals surface area (Å²) in [5.41, 5.74) is 7.63. The zero-order chi connectivity index (χ0) is 19.6. The van der Waals surface area contributed by atoms with Crippen LogP contribution in [0.3, 0.4) is 0 Å². The number of rotatable bonds is 6. The van der Waals surface area contributed by atoms with Gasteiger partial charge in [-0.05, 0) is 55.0 Å². The molecule has 6 nitrogen and oxygen atoms in total. The van der Waals surface area contributed by atoms with Gasteiger partial charge in [-0.15, -0.1) is 11.3 Å². The highest BCUT2D eigenvalue weighted by atomic mass is 32.1. The molecule has 0 radical (unpaired) electrons. The molecule has 3 N–H and O–H groups in total. The summed E-state index contributed by atoms with van der Waals surface area (Å²) in [5.74, 6) is -0.484. The average molecular weight is 385 g/mol. The molecule has 0 spiro atoms. The number of amides is 3. The van der Waals surface area contributed by atoms with E-state index >= 15 is 0 Å². The minimum absolute atomic E-state index is 0.00188. The number of benzene rings is 1. The Hall–Kier alpha value is -2.67. The van der Waals surface area contributed by atoms with Crippen molar-refractivity contribution in [1.29, 1.82) is 0 Å². The first-order valence-electron chi connectivity index (χ1n) is 8.94. The molecule has 1 atom stereocenters. The summed E-state index contributed by atoms with van der Waals surface area (Å²) in [6.45, 7) is 4.43. The van der Waals surface area contributed by atoms with Gasteiger partial charge in [-0.3, -0.25) is 14.4 Å². The lowest BCUT2D eigenvalue weighted by Gasteiger charge is -2.29. The molecule has 3 rings (SSSR count). The summed E-state index contributed by atoms with van der Waals surface area (Å²) >= 11 is 1.29. The van der Waals surface area contributed by atoms with Crippen molar-refractivity contribution in [2.75, 3.05) is 6.54 Å². The van der Waals surface area contributed by atoms with Crippen LogP contribution in [0.5, 0.6) is 0 Å². The molecule has 0 aliphatic carbocycles. The van der Waals surface area contributed by atoms with Gasteiger partial charge in [0.15, 0.2) is 0 Å². The minimum atomic E-state index is -0.455. The molecule has 1 aromatic carbocycles. The van der Waals surface area contributed by atoms with E-state index in [9.17, 15) is 14.4 Å². The highest BCUT2D eigenvalue weighted by molar-refractivity contribution is 7.12. The molecule has 1 aromatic heterocycles. The van der Waals surface area contributed by atoms with Crippen molar-refractivity contribution in [3.05, 3.63) is 46.2 Å². The Bertz CT molecular complexity index is 875. The van der Waals surface area contributed by atoms with Crippen LogP contribution in [0.4, 0.5) is 0 Å². The summed E-state index contributed by atoms with van der Waals surface area (Å²) in [5, 5.41) is 4.78. The van der Waals surface area contributed by atoms with Crippen LogP contribution in [-0.2, 0) is 4.79 Å². The maximum absolute atomic E-state index is 13.1. The lowest BCUT2D eigenvalue weighted by atomic mass is 10.0. The standard InChI is InChI=1S/C20H23N3O3S/c1-12(2)23(10-16-6-7-18(24)22-16)20(26)14-5-3-4-13(8-14)15-9-17(19(21)25)27-11-15/h3-5,8-9,11-12,16H,6-7,10H2,1-2H3,(H2,21,25)(H,22,24)/t16-/m0/s1. The van der Waals surface area contributed by atoms with E-state index in [1.165, 1.54) is 11.3 Å². The molecular weight excluding hydrogens is 362 g/mol. The molecule has 27 heavy (non-hydrogen) atoms. The molecule has 142 valence electrons. The molecule has 0 bridgehead atoms. The summed E-state index contributed by atoms with van der Waals surface area (Å²) in [6.07, 6.45) is 1.26. The summed E-state index contributed by atoms with van der Waals surface area (Å²) in [4.78, 5) is 38.1. The van der Waals surface area contributed by atoms with E-state index in [4.69, 9.17) is 5.73 Å². The predicted octanol–water partition coefficient (Wildman–Crippen LogP) is 2.64. The molecule has 1 saturated heterocycles. The zero-order valence-electron chi connectivity index (χ0n) is 15.4. The fourth-order valence-corrected chi connectivity index (χ4v) is 3.96. The average Bonchev–Trinajstić information content (AvgIpc) is 3.28. The highest BCUT2D eigenvalue weighted by Crippen LogP contribution is 2.27.